The van der Waals surface area contributed by atoms with Crippen LogP contribution in [-0.2, 0) is 11.3 Å². The molecule has 3 rings (SSSR count). The van der Waals surface area contributed by atoms with Crippen molar-refractivity contribution in [1.82, 2.24) is 5.32 Å². The van der Waals surface area contributed by atoms with Gasteiger partial charge in [-0.15, -0.1) is 0 Å². The summed E-state index contributed by atoms with van der Waals surface area (Å²) >= 11 is 0. The Morgan fingerprint density at radius 3 is 2.63 bits per heavy atom. The highest BCUT2D eigenvalue weighted by Gasteiger charge is 2.31. The Labute approximate surface area is 158 Å². The third-order valence-corrected chi connectivity index (χ3v) is 4.68. The van der Waals surface area contributed by atoms with Crippen LogP contribution in [0.1, 0.15) is 25.3 Å². The molecule has 1 N–H and O–H groups in total. The number of ether oxygens (including phenoxy) is 1. The maximum atomic E-state index is 14.7. The lowest BCUT2D eigenvalue weighted by atomic mass is 10.0. The number of hydrogen-bond donors (Lipinski definition) is 1. The Kier molecular flexibility index (Phi) is 6.40. The van der Waals surface area contributed by atoms with Crippen molar-refractivity contribution in [1.29, 1.82) is 0 Å². The second kappa shape index (κ2) is 8.95. The maximum Gasteiger partial charge on any atom is 0.414 e. The molecule has 0 aromatic heterocycles. The van der Waals surface area contributed by atoms with Crippen LogP contribution < -0.4 is 10.2 Å². The number of nitrogens with zero attached hydrogens (tertiary/aromatic N) is 1. The molecule has 0 saturated carbocycles. The first kappa shape index (κ1) is 19.3. The summed E-state index contributed by atoms with van der Waals surface area (Å²) in [5, 5.41) is 3.16. The molecule has 1 fully saturated rings. The van der Waals surface area contributed by atoms with Gasteiger partial charge in [0.15, 0.2) is 0 Å². The molecule has 0 unspecified atom stereocenters. The highest BCUT2D eigenvalue weighted by Crippen LogP contribution is 2.29. The van der Waals surface area contributed by atoms with E-state index in [0.29, 0.717) is 37.3 Å². The number of carbonyl (C=O) groups is 1. The van der Waals surface area contributed by atoms with E-state index >= 15 is 0 Å². The van der Waals surface area contributed by atoms with Crippen molar-refractivity contribution in [3.63, 3.8) is 0 Å². The second-order valence-corrected chi connectivity index (χ2v) is 6.61. The van der Waals surface area contributed by atoms with E-state index in [1.54, 1.807) is 12.1 Å². The van der Waals surface area contributed by atoms with Crippen LogP contribution in [0.25, 0.3) is 11.1 Å². The number of rotatable bonds is 8. The first-order chi connectivity index (χ1) is 13.1. The Morgan fingerprint density at radius 2 is 2.00 bits per heavy atom. The van der Waals surface area contributed by atoms with E-state index in [2.05, 4.69) is 5.32 Å². The van der Waals surface area contributed by atoms with Crippen LogP contribution in [0.3, 0.4) is 0 Å². The molecule has 1 amide bonds. The highest BCUT2D eigenvalue weighted by molar-refractivity contribution is 5.90. The zero-order chi connectivity index (χ0) is 19.2. The van der Waals surface area contributed by atoms with Crippen LogP contribution in [0.4, 0.5) is 19.3 Å². The van der Waals surface area contributed by atoms with E-state index in [9.17, 15) is 13.6 Å². The standard InChI is InChI=1S/C21H24F2N2O2/c1-2-18-14-25(21(26)27-18)17-8-9-19(20(23)12-17)16-6-4-15(5-7-16)13-24-11-3-10-22/h4-9,12,18,24H,2-3,10-11,13-14H2,1H3/t18-/m0/s1. The van der Waals surface area contributed by atoms with Crippen molar-refractivity contribution in [2.45, 2.75) is 32.4 Å². The fraction of sp³-hybridized carbons (Fsp3) is 0.381. The number of alkyl halides is 1. The van der Waals surface area contributed by atoms with E-state index in [4.69, 9.17) is 4.74 Å². The molecule has 0 aliphatic carbocycles. The molecule has 27 heavy (non-hydrogen) atoms. The van der Waals surface area contributed by atoms with Crippen molar-refractivity contribution in [3.05, 3.63) is 53.8 Å². The quantitative estimate of drug-likeness (QED) is 0.683. The van der Waals surface area contributed by atoms with Gasteiger partial charge in [0.2, 0.25) is 0 Å². The molecule has 2 aromatic carbocycles. The SMILES string of the molecule is CC[C@H]1CN(c2ccc(-c3ccc(CNCCCF)cc3)c(F)c2)C(=O)O1. The minimum Gasteiger partial charge on any atom is -0.444 e. The van der Waals surface area contributed by atoms with Gasteiger partial charge in [0.25, 0.3) is 0 Å². The van der Waals surface area contributed by atoms with Crippen LogP contribution >= 0.6 is 0 Å². The van der Waals surface area contributed by atoms with Gasteiger partial charge in [-0.25, -0.2) is 9.18 Å². The second-order valence-electron chi connectivity index (χ2n) is 6.61. The number of nitrogens with one attached hydrogen (secondary N) is 1. The predicted octanol–water partition coefficient (Wildman–Crippen LogP) is 4.68. The van der Waals surface area contributed by atoms with Crippen molar-refractivity contribution in [3.8, 4) is 11.1 Å². The van der Waals surface area contributed by atoms with Crippen LogP contribution in [-0.4, -0.2) is 32.0 Å². The Bertz CT molecular complexity index is 780. The summed E-state index contributed by atoms with van der Waals surface area (Å²) in [6, 6.07) is 12.4. The monoisotopic (exact) mass is 374 g/mol. The van der Waals surface area contributed by atoms with Gasteiger partial charge in [0, 0.05) is 12.1 Å². The van der Waals surface area contributed by atoms with Crippen molar-refractivity contribution < 1.29 is 18.3 Å². The Morgan fingerprint density at radius 1 is 1.22 bits per heavy atom. The van der Waals surface area contributed by atoms with Gasteiger partial charge in [0.1, 0.15) is 11.9 Å². The highest BCUT2D eigenvalue weighted by atomic mass is 19.1. The van der Waals surface area contributed by atoms with Gasteiger partial charge in [-0.3, -0.25) is 9.29 Å². The molecule has 0 radical (unpaired) electrons. The number of amides is 1. The fourth-order valence-electron chi connectivity index (χ4n) is 3.08. The van der Waals surface area contributed by atoms with Gasteiger partial charge in [-0.05, 0) is 48.7 Å². The van der Waals surface area contributed by atoms with Gasteiger partial charge < -0.3 is 10.1 Å². The Hall–Kier alpha value is -2.47. The molecule has 2 aromatic rings. The Balaban J connectivity index is 1.69. The van der Waals surface area contributed by atoms with E-state index in [0.717, 1.165) is 17.5 Å². The molecule has 0 spiro atoms. The minimum absolute atomic E-state index is 0.147. The number of benzene rings is 2. The summed E-state index contributed by atoms with van der Waals surface area (Å²) in [4.78, 5) is 13.4. The molecule has 1 aliphatic heterocycles. The first-order valence-corrected chi connectivity index (χ1v) is 9.26. The van der Waals surface area contributed by atoms with Gasteiger partial charge in [-0.1, -0.05) is 31.2 Å². The lowest BCUT2D eigenvalue weighted by Gasteiger charge is -2.14. The third-order valence-electron chi connectivity index (χ3n) is 4.68. The lowest BCUT2D eigenvalue weighted by molar-refractivity contribution is 0.139. The summed E-state index contributed by atoms with van der Waals surface area (Å²) in [5.41, 5.74) is 2.81. The van der Waals surface area contributed by atoms with Crippen molar-refractivity contribution in [2.75, 3.05) is 24.7 Å². The molecule has 1 atom stereocenters. The van der Waals surface area contributed by atoms with Gasteiger partial charge >= 0.3 is 6.09 Å². The summed E-state index contributed by atoms with van der Waals surface area (Å²) in [5.74, 6) is -0.380. The molecule has 4 nitrogen and oxygen atoms in total. The number of cyclic esters (lactones) is 1. The maximum absolute atomic E-state index is 14.7. The normalized spacial score (nSPS) is 16.6. The molecule has 1 saturated heterocycles. The van der Waals surface area contributed by atoms with Gasteiger partial charge in [-0.2, -0.15) is 0 Å². The van der Waals surface area contributed by atoms with Gasteiger partial charge in [0.05, 0.1) is 18.9 Å². The average Bonchev–Trinajstić information content (AvgIpc) is 3.07. The van der Waals surface area contributed by atoms with Crippen LogP contribution in [0.15, 0.2) is 42.5 Å². The molecular formula is C21H24F2N2O2. The number of anilines is 1. The fourth-order valence-corrected chi connectivity index (χ4v) is 3.08. The van der Waals surface area contributed by atoms with Crippen LogP contribution in [0.5, 0.6) is 0 Å². The minimum atomic E-state index is -0.432. The predicted molar refractivity (Wildman–Crippen MR) is 102 cm³/mol. The van der Waals surface area contributed by atoms with Crippen molar-refractivity contribution in [2.24, 2.45) is 0 Å². The molecule has 1 heterocycles. The van der Waals surface area contributed by atoms with E-state index in [1.807, 2.05) is 31.2 Å². The third kappa shape index (κ3) is 4.63. The summed E-state index contributed by atoms with van der Waals surface area (Å²) in [6.07, 6.45) is 0.654. The zero-order valence-corrected chi connectivity index (χ0v) is 15.4. The van der Waals surface area contributed by atoms with Crippen molar-refractivity contribution >= 4 is 11.8 Å². The molecule has 144 valence electrons. The topological polar surface area (TPSA) is 41.6 Å². The molecule has 0 bridgehead atoms. The van der Waals surface area contributed by atoms with E-state index in [1.165, 1.54) is 11.0 Å². The summed E-state index contributed by atoms with van der Waals surface area (Å²) in [7, 11) is 0. The summed E-state index contributed by atoms with van der Waals surface area (Å²) in [6.45, 7) is 3.35. The number of hydrogen-bond acceptors (Lipinski definition) is 3. The van der Waals surface area contributed by atoms with E-state index < -0.39 is 6.09 Å². The molecule has 1 aliphatic rings. The zero-order valence-electron chi connectivity index (χ0n) is 15.4. The van der Waals surface area contributed by atoms with Crippen LogP contribution in [0.2, 0.25) is 0 Å². The largest absolute Gasteiger partial charge is 0.444 e. The lowest BCUT2D eigenvalue weighted by Crippen LogP contribution is -2.24. The number of carbonyl (C=O) groups excluding carboxylic acids is 1. The van der Waals surface area contributed by atoms with E-state index in [-0.39, 0.29) is 18.6 Å². The molecule has 6 heteroatoms. The number of halogens is 2. The smallest absolute Gasteiger partial charge is 0.414 e. The molecular weight excluding hydrogens is 350 g/mol. The van der Waals surface area contributed by atoms with Crippen LogP contribution in [0, 0.1) is 5.82 Å². The summed E-state index contributed by atoms with van der Waals surface area (Å²) < 4.78 is 32.0. The first-order valence-electron chi connectivity index (χ1n) is 9.26. The average molecular weight is 374 g/mol.